The van der Waals surface area contributed by atoms with Gasteiger partial charge in [-0.05, 0) is 51.9 Å². The molecule has 0 aromatic heterocycles. The van der Waals surface area contributed by atoms with Gasteiger partial charge in [-0.15, -0.1) is 0 Å². The Kier molecular flexibility index (Phi) is 5.71. The lowest BCUT2D eigenvalue weighted by Gasteiger charge is -2.37. The standard InChI is InChI=1S/C16H30N2O2/c1-3-7-17(8-4-1)11-15-13-20-16(14-19-15)12-18-9-5-2-6-10-18/h15-16H,1-14H2/t15-,16+. The smallest absolute Gasteiger partial charge is 0.0936 e. The Morgan fingerprint density at radius 1 is 0.600 bits per heavy atom. The van der Waals surface area contributed by atoms with E-state index < -0.39 is 0 Å². The first-order chi connectivity index (χ1) is 9.90. The molecule has 4 nitrogen and oxygen atoms in total. The van der Waals surface area contributed by atoms with E-state index in [1.165, 1.54) is 64.7 Å². The lowest BCUT2D eigenvalue weighted by atomic mass is 10.1. The maximum Gasteiger partial charge on any atom is 0.0936 e. The molecule has 3 heterocycles. The van der Waals surface area contributed by atoms with Gasteiger partial charge in [0, 0.05) is 13.1 Å². The SMILES string of the molecule is C1CCN(C[C@H]2CO[C@H](CN3CCCCC3)CO2)CC1. The summed E-state index contributed by atoms with van der Waals surface area (Å²) in [6.07, 6.45) is 8.80. The van der Waals surface area contributed by atoms with Gasteiger partial charge < -0.3 is 19.3 Å². The van der Waals surface area contributed by atoms with Crippen LogP contribution in [0.2, 0.25) is 0 Å². The minimum absolute atomic E-state index is 0.297. The van der Waals surface area contributed by atoms with Crippen molar-refractivity contribution < 1.29 is 9.47 Å². The molecule has 0 bridgehead atoms. The molecule has 3 aliphatic rings. The summed E-state index contributed by atoms with van der Waals surface area (Å²) in [6, 6.07) is 0. The highest BCUT2D eigenvalue weighted by Gasteiger charge is 2.26. The number of nitrogens with zero attached hydrogens (tertiary/aromatic N) is 2. The Labute approximate surface area is 123 Å². The molecule has 3 fully saturated rings. The molecule has 4 heteroatoms. The summed E-state index contributed by atoms with van der Waals surface area (Å²) in [4.78, 5) is 5.09. The number of hydrogen-bond acceptors (Lipinski definition) is 4. The molecule has 20 heavy (non-hydrogen) atoms. The largest absolute Gasteiger partial charge is 0.372 e. The molecule has 116 valence electrons. The molecule has 0 amide bonds. The zero-order valence-corrected chi connectivity index (χ0v) is 12.8. The highest BCUT2D eigenvalue weighted by Crippen LogP contribution is 2.15. The molecule has 3 saturated heterocycles. The van der Waals surface area contributed by atoms with Gasteiger partial charge in [0.2, 0.25) is 0 Å². The second-order valence-electron chi connectivity index (χ2n) is 6.63. The van der Waals surface area contributed by atoms with Crippen molar-refractivity contribution in [2.24, 2.45) is 0 Å². The van der Waals surface area contributed by atoms with Crippen molar-refractivity contribution in [1.82, 2.24) is 9.80 Å². The van der Waals surface area contributed by atoms with Crippen molar-refractivity contribution >= 4 is 0 Å². The van der Waals surface area contributed by atoms with Crippen molar-refractivity contribution in [2.75, 3.05) is 52.5 Å². The molecule has 0 aliphatic carbocycles. The molecule has 2 atom stereocenters. The van der Waals surface area contributed by atoms with Gasteiger partial charge in [-0.3, -0.25) is 0 Å². The number of rotatable bonds is 4. The third-order valence-electron chi connectivity index (χ3n) is 4.86. The van der Waals surface area contributed by atoms with Crippen LogP contribution in [-0.2, 0) is 9.47 Å². The third-order valence-corrected chi connectivity index (χ3v) is 4.86. The van der Waals surface area contributed by atoms with Crippen molar-refractivity contribution in [3.8, 4) is 0 Å². The van der Waals surface area contributed by atoms with Crippen LogP contribution in [0.15, 0.2) is 0 Å². The predicted octanol–water partition coefficient (Wildman–Crippen LogP) is 1.74. The van der Waals surface area contributed by atoms with E-state index in [9.17, 15) is 0 Å². The van der Waals surface area contributed by atoms with Crippen LogP contribution in [0.4, 0.5) is 0 Å². The topological polar surface area (TPSA) is 24.9 Å². The zero-order valence-electron chi connectivity index (χ0n) is 12.8. The molecule has 0 N–H and O–H groups in total. The summed E-state index contributed by atoms with van der Waals surface area (Å²) in [5, 5.41) is 0. The van der Waals surface area contributed by atoms with E-state index in [0.717, 1.165) is 26.3 Å². The second-order valence-corrected chi connectivity index (χ2v) is 6.63. The Morgan fingerprint density at radius 3 is 1.35 bits per heavy atom. The van der Waals surface area contributed by atoms with Crippen molar-refractivity contribution in [3.63, 3.8) is 0 Å². The van der Waals surface area contributed by atoms with E-state index in [1.807, 2.05) is 0 Å². The van der Waals surface area contributed by atoms with Crippen LogP contribution < -0.4 is 0 Å². The van der Waals surface area contributed by atoms with Crippen molar-refractivity contribution in [3.05, 3.63) is 0 Å². The van der Waals surface area contributed by atoms with Crippen LogP contribution >= 0.6 is 0 Å². The van der Waals surface area contributed by atoms with Crippen molar-refractivity contribution in [2.45, 2.75) is 50.7 Å². The Balaban J connectivity index is 1.33. The molecule has 0 saturated carbocycles. The van der Waals surface area contributed by atoms with E-state index in [0.29, 0.717) is 12.2 Å². The second kappa shape index (κ2) is 7.74. The summed E-state index contributed by atoms with van der Waals surface area (Å²) < 4.78 is 12.1. The Bertz CT molecular complexity index is 240. The maximum absolute atomic E-state index is 6.04. The van der Waals surface area contributed by atoms with Gasteiger partial charge in [0.05, 0.1) is 25.4 Å². The summed E-state index contributed by atoms with van der Waals surface area (Å²) in [5.74, 6) is 0. The fraction of sp³-hybridized carbons (Fsp3) is 1.00. The molecule has 0 spiro atoms. The van der Waals surface area contributed by atoms with E-state index in [4.69, 9.17) is 9.47 Å². The van der Waals surface area contributed by atoms with E-state index >= 15 is 0 Å². The minimum Gasteiger partial charge on any atom is -0.372 e. The van der Waals surface area contributed by atoms with Gasteiger partial charge >= 0.3 is 0 Å². The first-order valence-corrected chi connectivity index (χ1v) is 8.58. The summed E-state index contributed by atoms with van der Waals surface area (Å²) in [6.45, 7) is 8.69. The van der Waals surface area contributed by atoms with Crippen LogP contribution in [0.25, 0.3) is 0 Å². The molecule has 3 aliphatic heterocycles. The van der Waals surface area contributed by atoms with E-state index in [-0.39, 0.29) is 0 Å². The minimum atomic E-state index is 0.297. The first-order valence-electron chi connectivity index (χ1n) is 8.58. The van der Waals surface area contributed by atoms with Gasteiger partial charge in [-0.2, -0.15) is 0 Å². The molecular weight excluding hydrogens is 252 g/mol. The lowest BCUT2D eigenvalue weighted by Crippen LogP contribution is -2.48. The van der Waals surface area contributed by atoms with E-state index in [1.54, 1.807) is 0 Å². The Hall–Kier alpha value is -0.160. The highest BCUT2D eigenvalue weighted by molar-refractivity contribution is 4.76. The highest BCUT2D eigenvalue weighted by atomic mass is 16.6. The average Bonchev–Trinajstić information content (AvgIpc) is 2.51. The lowest BCUT2D eigenvalue weighted by molar-refractivity contribution is -0.146. The quantitative estimate of drug-likeness (QED) is 0.784. The maximum atomic E-state index is 6.04. The first kappa shape index (κ1) is 14.8. The van der Waals surface area contributed by atoms with Crippen molar-refractivity contribution in [1.29, 1.82) is 0 Å². The monoisotopic (exact) mass is 282 g/mol. The average molecular weight is 282 g/mol. The fourth-order valence-corrected chi connectivity index (χ4v) is 3.65. The predicted molar refractivity (Wildman–Crippen MR) is 80.1 cm³/mol. The van der Waals surface area contributed by atoms with Gasteiger partial charge in [0.1, 0.15) is 0 Å². The molecular formula is C16H30N2O2. The van der Waals surface area contributed by atoms with E-state index in [2.05, 4.69) is 9.80 Å². The van der Waals surface area contributed by atoms with Crippen LogP contribution in [-0.4, -0.2) is 74.5 Å². The molecule has 0 aromatic rings. The number of piperidine rings is 2. The number of likely N-dealkylation sites (tertiary alicyclic amines) is 2. The summed E-state index contributed by atoms with van der Waals surface area (Å²) in [7, 11) is 0. The summed E-state index contributed by atoms with van der Waals surface area (Å²) >= 11 is 0. The van der Waals surface area contributed by atoms with Crippen LogP contribution in [0.5, 0.6) is 0 Å². The van der Waals surface area contributed by atoms with Gasteiger partial charge in [-0.1, -0.05) is 12.8 Å². The van der Waals surface area contributed by atoms with Gasteiger partial charge in [-0.25, -0.2) is 0 Å². The Morgan fingerprint density at radius 2 is 1.00 bits per heavy atom. The molecule has 0 radical (unpaired) electrons. The number of hydrogen-bond donors (Lipinski definition) is 0. The normalized spacial score (nSPS) is 34.2. The molecule has 3 rings (SSSR count). The number of ether oxygens (including phenoxy) is 2. The van der Waals surface area contributed by atoms with Gasteiger partial charge in [0.25, 0.3) is 0 Å². The van der Waals surface area contributed by atoms with Gasteiger partial charge in [0.15, 0.2) is 0 Å². The van der Waals surface area contributed by atoms with Crippen LogP contribution in [0.1, 0.15) is 38.5 Å². The third kappa shape index (κ3) is 4.42. The van der Waals surface area contributed by atoms with Crippen LogP contribution in [0.3, 0.4) is 0 Å². The van der Waals surface area contributed by atoms with Crippen LogP contribution in [0, 0.1) is 0 Å². The zero-order chi connectivity index (χ0) is 13.6. The fourth-order valence-electron chi connectivity index (χ4n) is 3.65. The molecule has 0 unspecified atom stereocenters. The summed E-state index contributed by atoms with van der Waals surface area (Å²) in [5.41, 5.74) is 0. The molecule has 0 aromatic carbocycles.